The molecule has 0 aliphatic rings. The highest BCUT2D eigenvalue weighted by Gasteiger charge is 2.19. The van der Waals surface area contributed by atoms with Gasteiger partial charge in [0.2, 0.25) is 0 Å². The summed E-state index contributed by atoms with van der Waals surface area (Å²) in [5.41, 5.74) is 6.30. The van der Waals surface area contributed by atoms with Gasteiger partial charge in [0, 0.05) is 10.0 Å². The van der Waals surface area contributed by atoms with Crippen LogP contribution in [0.25, 0.3) is 0 Å². The number of hydrogen-bond acceptors (Lipinski definition) is 3. The minimum absolute atomic E-state index is 0.00759. The highest BCUT2D eigenvalue weighted by molar-refractivity contribution is 9.10. The number of nitrogens with two attached hydrogens (primary N) is 1. The van der Waals surface area contributed by atoms with Crippen LogP contribution in [0.3, 0.4) is 0 Å². The van der Waals surface area contributed by atoms with E-state index in [2.05, 4.69) is 15.9 Å². The van der Waals surface area contributed by atoms with E-state index >= 15 is 0 Å². The fourth-order valence-corrected chi connectivity index (χ4v) is 1.75. The first-order valence-electron chi connectivity index (χ1n) is 4.81. The molecular weight excluding hydrogens is 258 g/mol. The predicted octanol–water partition coefficient (Wildman–Crippen LogP) is 2.09. The maximum absolute atomic E-state index is 10.0. The minimum atomic E-state index is -0.595. The highest BCUT2D eigenvalue weighted by Crippen LogP contribution is 2.31. The van der Waals surface area contributed by atoms with Crippen LogP contribution in [0.15, 0.2) is 22.7 Å². The lowest BCUT2D eigenvalue weighted by Crippen LogP contribution is -2.19. The van der Waals surface area contributed by atoms with Crippen LogP contribution in [0, 0.1) is 5.92 Å². The summed E-state index contributed by atoms with van der Waals surface area (Å²) < 4.78 is 6.11. The van der Waals surface area contributed by atoms with Crippen LogP contribution in [0.1, 0.15) is 18.6 Å². The molecule has 1 aromatic carbocycles. The lowest BCUT2D eigenvalue weighted by Gasteiger charge is -2.20. The molecule has 0 amide bonds. The fourth-order valence-electron chi connectivity index (χ4n) is 1.37. The average Bonchev–Trinajstić information content (AvgIpc) is 2.27. The van der Waals surface area contributed by atoms with E-state index in [9.17, 15) is 5.11 Å². The molecule has 0 radical (unpaired) electrons. The SMILES string of the molecule is COc1ccc(Br)cc1C(O)C(C)CN. The van der Waals surface area contributed by atoms with Crippen molar-refractivity contribution in [2.45, 2.75) is 13.0 Å². The lowest BCUT2D eigenvalue weighted by molar-refractivity contribution is 0.118. The average molecular weight is 274 g/mol. The van der Waals surface area contributed by atoms with Crippen LogP contribution in [-0.4, -0.2) is 18.8 Å². The van der Waals surface area contributed by atoms with E-state index in [4.69, 9.17) is 10.5 Å². The molecular formula is C11H16BrNO2. The quantitative estimate of drug-likeness (QED) is 0.883. The molecule has 0 fully saturated rings. The topological polar surface area (TPSA) is 55.5 Å². The largest absolute Gasteiger partial charge is 0.496 e. The molecule has 0 heterocycles. The number of hydrogen-bond donors (Lipinski definition) is 2. The molecule has 0 aromatic heterocycles. The Bertz CT molecular complexity index is 330. The summed E-state index contributed by atoms with van der Waals surface area (Å²) in [7, 11) is 1.59. The molecule has 1 aromatic rings. The lowest BCUT2D eigenvalue weighted by atomic mass is 9.97. The molecule has 4 heteroatoms. The van der Waals surface area contributed by atoms with Crippen LogP contribution in [-0.2, 0) is 0 Å². The van der Waals surface area contributed by atoms with Crippen LogP contribution in [0.4, 0.5) is 0 Å². The van der Waals surface area contributed by atoms with Gasteiger partial charge in [-0.25, -0.2) is 0 Å². The Hall–Kier alpha value is -0.580. The van der Waals surface area contributed by atoms with E-state index in [-0.39, 0.29) is 5.92 Å². The van der Waals surface area contributed by atoms with Crippen LogP contribution >= 0.6 is 15.9 Å². The van der Waals surface area contributed by atoms with Crippen LogP contribution < -0.4 is 10.5 Å². The number of aliphatic hydroxyl groups is 1. The normalized spacial score (nSPS) is 14.7. The van der Waals surface area contributed by atoms with E-state index in [0.717, 1.165) is 10.0 Å². The van der Waals surface area contributed by atoms with Crippen molar-refractivity contribution in [1.29, 1.82) is 0 Å². The number of aliphatic hydroxyl groups excluding tert-OH is 1. The third kappa shape index (κ3) is 2.93. The Labute approximate surface area is 98.4 Å². The van der Waals surface area contributed by atoms with Crippen molar-refractivity contribution in [2.75, 3.05) is 13.7 Å². The Kier molecular flexibility index (Phi) is 4.57. The van der Waals surface area contributed by atoms with Gasteiger partial charge in [-0.3, -0.25) is 0 Å². The van der Waals surface area contributed by atoms with E-state index in [1.54, 1.807) is 7.11 Å². The van der Waals surface area contributed by atoms with Gasteiger partial charge in [0.1, 0.15) is 5.75 Å². The van der Waals surface area contributed by atoms with Crippen molar-refractivity contribution in [3.05, 3.63) is 28.2 Å². The maximum atomic E-state index is 10.0. The summed E-state index contributed by atoms with van der Waals surface area (Å²) in [6.45, 7) is 2.35. The molecule has 0 saturated carbocycles. The van der Waals surface area contributed by atoms with Crippen molar-refractivity contribution in [2.24, 2.45) is 11.7 Å². The van der Waals surface area contributed by atoms with Crippen molar-refractivity contribution < 1.29 is 9.84 Å². The van der Waals surface area contributed by atoms with Gasteiger partial charge in [-0.2, -0.15) is 0 Å². The predicted molar refractivity (Wildman–Crippen MR) is 63.9 cm³/mol. The Morgan fingerprint density at radius 3 is 2.73 bits per heavy atom. The maximum Gasteiger partial charge on any atom is 0.124 e. The number of ether oxygens (including phenoxy) is 1. The molecule has 0 spiro atoms. The van der Waals surface area contributed by atoms with E-state index in [1.165, 1.54) is 0 Å². The first-order valence-corrected chi connectivity index (χ1v) is 5.61. The summed E-state index contributed by atoms with van der Waals surface area (Å²) in [6, 6.07) is 5.56. The number of rotatable bonds is 4. The van der Waals surface area contributed by atoms with E-state index < -0.39 is 6.10 Å². The minimum Gasteiger partial charge on any atom is -0.496 e. The molecule has 3 N–H and O–H groups in total. The van der Waals surface area contributed by atoms with Gasteiger partial charge in [0.05, 0.1) is 13.2 Å². The van der Waals surface area contributed by atoms with Crippen LogP contribution in [0.2, 0.25) is 0 Å². The van der Waals surface area contributed by atoms with Gasteiger partial charge in [-0.1, -0.05) is 22.9 Å². The third-order valence-corrected chi connectivity index (χ3v) is 2.91. The molecule has 0 saturated heterocycles. The summed E-state index contributed by atoms with van der Waals surface area (Å²) in [5, 5.41) is 10.0. The summed E-state index contributed by atoms with van der Waals surface area (Å²) in [6.07, 6.45) is -0.595. The zero-order valence-corrected chi connectivity index (χ0v) is 10.5. The Morgan fingerprint density at radius 1 is 1.53 bits per heavy atom. The second-order valence-electron chi connectivity index (χ2n) is 3.54. The van der Waals surface area contributed by atoms with Crippen molar-refractivity contribution in [3.63, 3.8) is 0 Å². The Balaban J connectivity index is 3.05. The molecule has 1 rings (SSSR count). The summed E-state index contributed by atoms with van der Waals surface area (Å²) in [4.78, 5) is 0. The van der Waals surface area contributed by atoms with E-state index in [1.807, 2.05) is 25.1 Å². The first kappa shape index (κ1) is 12.5. The monoisotopic (exact) mass is 273 g/mol. The molecule has 0 bridgehead atoms. The molecule has 3 nitrogen and oxygen atoms in total. The smallest absolute Gasteiger partial charge is 0.124 e. The summed E-state index contributed by atoms with van der Waals surface area (Å²) >= 11 is 3.37. The highest BCUT2D eigenvalue weighted by atomic mass is 79.9. The zero-order chi connectivity index (χ0) is 11.4. The van der Waals surface area contributed by atoms with Crippen LogP contribution in [0.5, 0.6) is 5.75 Å². The first-order chi connectivity index (χ1) is 7.10. The van der Waals surface area contributed by atoms with E-state index in [0.29, 0.717) is 12.3 Å². The molecule has 84 valence electrons. The number of halogens is 1. The van der Waals surface area contributed by atoms with Gasteiger partial charge in [-0.15, -0.1) is 0 Å². The van der Waals surface area contributed by atoms with Gasteiger partial charge < -0.3 is 15.6 Å². The standard InChI is InChI=1S/C11H16BrNO2/c1-7(6-13)11(14)9-5-8(12)3-4-10(9)15-2/h3-5,7,11,14H,6,13H2,1-2H3. The molecule has 2 atom stereocenters. The second-order valence-corrected chi connectivity index (χ2v) is 4.46. The molecule has 0 aliphatic carbocycles. The Morgan fingerprint density at radius 2 is 2.20 bits per heavy atom. The zero-order valence-electron chi connectivity index (χ0n) is 8.90. The second kappa shape index (κ2) is 5.49. The molecule has 0 aliphatic heterocycles. The van der Waals surface area contributed by atoms with Crippen molar-refractivity contribution in [1.82, 2.24) is 0 Å². The molecule has 2 unspecified atom stereocenters. The van der Waals surface area contributed by atoms with Crippen molar-refractivity contribution in [3.8, 4) is 5.75 Å². The molecule has 15 heavy (non-hydrogen) atoms. The van der Waals surface area contributed by atoms with Gasteiger partial charge >= 0.3 is 0 Å². The van der Waals surface area contributed by atoms with Gasteiger partial charge in [0.25, 0.3) is 0 Å². The number of benzene rings is 1. The third-order valence-electron chi connectivity index (χ3n) is 2.42. The van der Waals surface area contributed by atoms with Crippen molar-refractivity contribution >= 4 is 15.9 Å². The fraction of sp³-hybridized carbons (Fsp3) is 0.455. The number of methoxy groups -OCH3 is 1. The van der Waals surface area contributed by atoms with Gasteiger partial charge in [0.15, 0.2) is 0 Å². The van der Waals surface area contributed by atoms with Gasteiger partial charge in [-0.05, 0) is 30.7 Å². The summed E-state index contributed by atoms with van der Waals surface area (Å²) in [5.74, 6) is 0.694.